The summed E-state index contributed by atoms with van der Waals surface area (Å²) in [5.74, 6) is 0.148. The minimum absolute atomic E-state index is 0.0915. The van der Waals surface area contributed by atoms with E-state index in [0.717, 1.165) is 22.3 Å². The Morgan fingerprint density at radius 2 is 1.76 bits per heavy atom. The van der Waals surface area contributed by atoms with Crippen LogP contribution in [0.3, 0.4) is 0 Å². The molecule has 7 nitrogen and oxygen atoms in total. The first-order valence-corrected chi connectivity index (χ1v) is 9.08. The highest BCUT2D eigenvalue weighted by atomic mass is 16.1. The zero-order chi connectivity index (χ0) is 20.2. The van der Waals surface area contributed by atoms with Gasteiger partial charge in [0.25, 0.3) is 0 Å². The molecule has 4 aromatic rings. The van der Waals surface area contributed by atoms with E-state index >= 15 is 0 Å². The van der Waals surface area contributed by atoms with Crippen molar-refractivity contribution in [3.63, 3.8) is 0 Å². The number of nitrogen functional groups attached to an aromatic ring is 1. The van der Waals surface area contributed by atoms with Crippen molar-refractivity contribution in [2.45, 2.75) is 12.8 Å². The molecule has 4 rings (SSSR count). The average Bonchev–Trinajstić information content (AvgIpc) is 3.09. The Hall–Kier alpha value is -4.18. The molecule has 0 fully saturated rings. The van der Waals surface area contributed by atoms with Crippen LogP contribution in [0.4, 0.5) is 11.6 Å². The fourth-order valence-electron chi connectivity index (χ4n) is 3.08. The number of amides is 1. The maximum atomic E-state index is 12.3. The summed E-state index contributed by atoms with van der Waals surface area (Å²) >= 11 is 0. The van der Waals surface area contributed by atoms with Gasteiger partial charge in [0.1, 0.15) is 0 Å². The molecular weight excluding hydrogens is 364 g/mol. The van der Waals surface area contributed by atoms with Crippen molar-refractivity contribution in [1.29, 1.82) is 5.26 Å². The zero-order valence-corrected chi connectivity index (χ0v) is 15.5. The van der Waals surface area contributed by atoms with Crippen molar-refractivity contribution >= 4 is 23.2 Å². The topological polar surface area (TPSA) is 109 Å². The number of carbonyl (C=O) groups excluding carboxylic acids is 1. The van der Waals surface area contributed by atoms with Crippen LogP contribution in [0, 0.1) is 11.3 Å². The van der Waals surface area contributed by atoms with E-state index in [-0.39, 0.29) is 18.3 Å². The van der Waals surface area contributed by atoms with Gasteiger partial charge in [-0.25, -0.2) is 4.52 Å². The maximum absolute atomic E-state index is 12.3. The lowest BCUT2D eigenvalue weighted by Gasteiger charge is -2.07. The van der Waals surface area contributed by atoms with E-state index in [1.165, 1.54) is 0 Å². The molecule has 142 valence electrons. The summed E-state index contributed by atoms with van der Waals surface area (Å²) in [6.07, 6.45) is 2.45. The number of anilines is 2. The van der Waals surface area contributed by atoms with Gasteiger partial charge in [0, 0.05) is 11.9 Å². The smallest absolute Gasteiger partial charge is 0.240 e. The molecule has 29 heavy (non-hydrogen) atoms. The SMILES string of the molecule is N#CCc1ccc(NC(=O)Cc2ccc(-c3ccn4nc(N)nc4c3)cc2)cc1. The molecule has 0 saturated carbocycles. The van der Waals surface area contributed by atoms with Crippen molar-refractivity contribution in [3.8, 4) is 17.2 Å². The van der Waals surface area contributed by atoms with Gasteiger partial charge >= 0.3 is 0 Å². The lowest BCUT2D eigenvalue weighted by atomic mass is 10.0. The second kappa shape index (κ2) is 7.82. The van der Waals surface area contributed by atoms with E-state index in [4.69, 9.17) is 11.0 Å². The summed E-state index contributed by atoms with van der Waals surface area (Å²) in [7, 11) is 0. The fraction of sp³-hybridized carbons (Fsp3) is 0.0909. The molecule has 0 spiro atoms. The molecule has 2 heterocycles. The van der Waals surface area contributed by atoms with E-state index in [0.29, 0.717) is 17.8 Å². The number of nitrogens with two attached hydrogens (primary N) is 1. The number of fused-ring (bicyclic) bond motifs is 1. The van der Waals surface area contributed by atoms with E-state index < -0.39 is 0 Å². The number of nitriles is 1. The quantitative estimate of drug-likeness (QED) is 0.551. The van der Waals surface area contributed by atoms with E-state index in [1.54, 1.807) is 16.6 Å². The molecule has 2 aromatic heterocycles. The Morgan fingerprint density at radius 3 is 2.48 bits per heavy atom. The molecule has 3 N–H and O–H groups in total. The van der Waals surface area contributed by atoms with Crippen LogP contribution in [0.5, 0.6) is 0 Å². The zero-order valence-electron chi connectivity index (χ0n) is 15.5. The highest BCUT2D eigenvalue weighted by molar-refractivity contribution is 5.92. The Balaban J connectivity index is 1.41. The summed E-state index contributed by atoms with van der Waals surface area (Å²) in [5.41, 5.74) is 10.9. The predicted molar refractivity (Wildman–Crippen MR) is 111 cm³/mol. The number of pyridine rings is 1. The number of nitrogens with one attached hydrogen (secondary N) is 1. The molecule has 0 aliphatic rings. The van der Waals surface area contributed by atoms with Crippen LogP contribution in [0.2, 0.25) is 0 Å². The maximum Gasteiger partial charge on any atom is 0.240 e. The molecule has 0 saturated heterocycles. The largest absolute Gasteiger partial charge is 0.366 e. The van der Waals surface area contributed by atoms with Gasteiger partial charge in [-0.3, -0.25) is 4.79 Å². The molecule has 1 amide bonds. The Morgan fingerprint density at radius 1 is 1.03 bits per heavy atom. The Bertz CT molecular complexity index is 1200. The minimum atomic E-state index is -0.0915. The summed E-state index contributed by atoms with van der Waals surface area (Å²) in [5, 5.41) is 15.7. The molecular formula is C22H18N6O. The number of benzene rings is 2. The van der Waals surface area contributed by atoms with Crippen LogP contribution in [0.1, 0.15) is 11.1 Å². The van der Waals surface area contributed by atoms with Gasteiger partial charge in [-0.1, -0.05) is 36.4 Å². The number of aromatic nitrogens is 3. The minimum Gasteiger partial charge on any atom is -0.366 e. The number of hydrogen-bond acceptors (Lipinski definition) is 5. The van der Waals surface area contributed by atoms with Gasteiger partial charge < -0.3 is 11.1 Å². The molecule has 0 aliphatic heterocycles. The number of carbonyl (C=O) groups is 1. The van der Waals surface area contributed by atoms with Gasteiger partial charge in [-0.2, -0.15) is 10.2 Å². The second-order valence-corrected chi connectivity index (χ2v) is 6.64. The summed E-state index contributed by atoms with van der Waals surface area (Å²) < 4.78 is 1.63. The van der Waals surface area contributed by atoms with E-state index in [9.17, 15) is 4.79 Å². The molecule has 0 radical (unpaired) electrons. The third-order valence-corrected chi connectivity index (χ3v) is 4.53. The third kappa shape index (κ3) is 4.22. The number of hydrogen-bond donors (Lipinski definition) is 2. The van der Waals surface area contributed by atoms with Crippen LogP contribution in [0.15, 0.2) is 66.9 Å². The highest BCUT2D eigenvalue weighted by Gasteiger charge is 2.07. The Labute approximate surface area is 167 Å². The first-order valence-electron chi connectivity index (χ1n) is 9.08. The molecule has 0 atom stereocenters. The van der Waals surface area contributed by atoms with E-state index in [1.807, 2.05) is 54.7 Å². The standard InChI is InChI=1S/C22H18N6O/c23-11-9-15-3-7-19(8-4-15)25-21(29)13-16-1-5-17(6-2-16)18-10-12-28-20(14-18)26-22(24)27-28/h1-8,10,12,14H,9,13H2,(H2,24,27)(H,25,29). The van der Waals surface area contributed by atoms with Crippen molar-refractivity contribution in [3.05, 3.63) is 78.0 Å². The van der Waals surface area contributed by atoms with Gasteiger partial charge in [0.15, 0.2) is 5.65 Å². The molecule has 2 aromatic carbocycles. The number of rotatable bonds is 5. The van der Waals surface area contributed by atoms with E-state index in [2.05, 4.69) is 21.5 Å². The van der Waals surface area contributed by atoms with Gasteiger partial charge in [0.05, 0.1) is 18.9 Å². The molecule has 0 unspecified atom stereocenters. The van der Waals surface area contributed by atoms with Gasteiger partial charge in [-0.05, 0) is 46.5 Å². The summed E-state index contributed by atoms with van der Waals surface area (Å²) in [4.78, 5) is 16.5. The first-order chi connectivity index (χ1) is 14.1. The fourth-order valence-corrected chi connectivity index (χ4v) is 3.08. The van der Waals surface area contributed by atoms with Crippen molar-refractivity contribution in [2.75, 3.05) is 11.1 Å². The molecule has 7 heteroatoms. The number of nitrogens with zero attached hydrogens (tertiary/aromatic N) is 4. The van der Waals surface area contributed by atoms with Crippen molar-refractivity contribution < 1.29 is 4.79 Å². The lowest BCUT2D eigenvalue weighted by molar-refractivity contribution is -0.115. The molecule has 0 bridgehead atoms. The monoisotopic (exact) mass is 382 g/mol. The van der Waals surface area contributed by atoms with Crippen LogP contribution < -0.4 is 11.1 Å². The third-order valence-electron chi connectivity index (χ3n) is 4.53. The predicted octanol–water partition coefficient (Wildman–Crippen LogP) is 3.23. The van der Waals surface area contributed by atoms with Crippen LogP contribution in [-0.4, -0.2) is 20.5 Å². The second-order valence-electron chi connectivity index (χ2n) is 6.64. The Kier molecular flexibility index (Phi) is 4.91. The van der Waals surface area contributed by atoms with Crippen LogP contribution in [-0.2, 0) is 17.6 Å². The van der Waals surface area contributed by atoms with Gasteiger partial charge in [0.2, 0.25) is 11.9 Å². The van der Waals surface area contributed by atoms with Crippen LogP contribution in [0.25, 0.3) is 16.8 Å². The summed E-state index contributed by atoms with van der Waals surface area (Å²) in [6, 6.07) is 21.1. The first kappa shape index (κ1) is 18.2. The van der Waals surface area contributed by atoms with Crippen molar-refractivity contribution in [2.24, 2.45) is 0 Å². The lowest BCUT2D eigenvalue weighted by Crippen LogP contribution is -2.14. The normalized spacial score (nSPS) is 10.6. The van der Waals surface area contributed by atoms with Crippen molar-refractivity contribution in [1.82, 2.24) is 14.6 Å². The van der Waals surface area contributed by atoms with Gasteiger partial charge in [-0.15, -0.1) is 5.10 Å². The average molecular weight is 382 g/mol. The van der Waals surface area contributed by atoms with Crippen LogP contribution >= 0.6 is 0 Å². The molecule has 0 aliphatic carbocycles. The summed E-state index contributed by atoms with van der Waals surface area (Å²) in [6.45, 7) is 0. The highest BCUT2D eigenvalue weighted by Crippen LogP contribution is 2.21.